The smallest absolute Gasteiger partial charge is 0.332 e. The van der Waals surface area contributed by atoms with Gasteiger partial charge in [-0.1, -0.05) is 0 Å². The van der Waals surface area contributed by atoms with Crippen molar-refractivity contribution in [2.75, 3.05) is 12.4 Å². The molecule has 0 bridgehead atoms. The van der Waals surface area contributed by atoms with E-state index in [1.165, 1.54) is 11.6 Å². The predicted molar refractivity (Wildman–Crippen MR) is 72.9 cm³/mol. The number of aryl methyl sites for hydroxylation is 1. The van der Waals surface area contributed by atoms with Crippen LogP contribution in [-0.2, 0) is 18.8 Å². The molecule has 7 nitrogen and oxygen atoms in total. The number of hydrogen-bond donors (Lipinski definition) is 0. The molecule has 3 rings (SSSR count). The minimum Gasteiger partial charge on any atom is -0.498 e. The van der Waals surface area contributed by atoms with Gasteiger partial charge in [-0.05, 0) is 0 Å². The first kappa shape index (κ1) is 12.1. The topological polar surface area (TPSA) is 71.0 Å². The lowest BCUT2D eigenvalue weighted by Gasteiger charge is -2.14. The monoisotopic (exact) mass is 280 g/mol. The van der Waals surface area contributed by atoms with Crippen LogP contribution in [0.3, 0.4) is 0 Å². The van der Waals surface area contributed by atoms with E-state index in [1.54, 1.807) is 36.0 Å². The molecule has 0 saturated carbocycles. The number of rotatable bonds is 1. The summed E-state index contributed by atoms with van der Waals surface area (Å²) >= 11 is 1.58. The average molecular weight is 280 g/mol. The van der Waals surface area contributed by atoms with E-state index in [0.717, 1.165) is 15.3 Å². The molecule has 0 saturated heterocycles. The largest absolute Gasteiger partial charge is 0.498 e. The van der Waals surface area contributed by atoms with Gasteiger partial charge in [0.25, 0.3) is 5.56 Å². The quantitative estimate of drug-likeness (QED) is 0.732. The minimum absolute atomic E-state index is 0.359. The van der Waals surface area contributed by atoms with E-state index in [1.807, 2.05) is 0 Å². The number of hydrogen-bond acceptors (Lipinski definition) is 5. The fraction of sp³-hybridized carbons (Fsp3) is 0.364. The highest BCUT2D eigenvalue weighted by molar-refractivity contribution is 8.07. The van der Waals surface area contributed by atoms with Gasteiger partial charge in [0.1, 0.15) is 17.6 Å². The second-order valence-corrected chi connectivity index (χ2v) is 5.28. The molecule has 2 aromatic rings. The maximum atomic E-state index is 12.2. The van der Waals surface area contributed by atoms with Crippen molar-refractivity contribution >= 4 is 28.0 Å². The van der Waals surface area contributed by atoms with Crippen LogP contribution < -0.4 is 11.2 Å². The summed E-state index contributed by atoms with van der Waals surface area (Å²) in [6.45, 7) is 0.650. The Bertz CT molecular complexity index is 799. The lowest BCUT2D eigenvalue weighted by Crippen LogP contribution is -2.37. The molecule has 0 aliphatic carbocycles. The Balaban J connectivity index is 2.38. The molecule has 8 heteroatoms. The van der Waals surface area contributed by atoms with E-state index in [4.69, 9.17) is 4.74 Å². The number of fused-ring (bicyclic) bond motifs is 1. The third-order valence-electron chi connectivity index (χ3n) is 3.02. The van der Waals surface area contributed by atoms with Crippen LogP contribution in [0.4, 0.5) is 0 Å². The second kappa shape index (κ2) is 4.30. The summed E-state index contributed by atoms with van der Waals surface area (Å²) in [5.74, 6) is 0.817. The minimum atomic E-state index is -0.385. The van der Waals surface area contributed by atoms with Gasteiger partial charge in [0.15, 0.2) is 11.2 Å². The van der Waals surface area contributed by atoms with Crippen molar-refractivity contribution in [2.45, 2.75) is 0 Å². The number of ether oxygens (including phenoxy) is 1. The zero-order valence-electron chi connectivity index (χ0n) is 10.5. The number of nitrogens with zero attached hydrogens (tertiary/aromatic N) is 4. The zero-order chi connectivity index (χ0) is 13.6. The first-order valence-electron chi connectivity index (χ1n) is 5.69. The van der Waals surface area contributed by atoms with Crippen LogP contribution >= 0.6 is 11.8 Å². The van der Waals surface area contributed by atoms with Crippen molar-refractivity contribution in [1.82, 2.24) is 18.7 Å². The molecule has 0 fully saturated rings. The molecule has 0 atom stereocenters. The normalized spacial score (nSPS) is 15.4. The third kappa shape index (κ3) is 1.71. The van der Waals surface area contributed by atoms with Crippen molar-refractivity contribution in [1.29, 1.82) is 0 Å². The molecule has 100 valence electrons. The summed E-state index contributed by atoms with van der Waals surface area (Å²) in [6, 6.07) is 0. The van der Waals surface area contributed by atoms with Gasteiger partial charge < -0.3 is 4.74 Å². The molecule has 0 radical (unpaired) electrons. The zero-order valence-corrected chi connectivity index (χ0v) is 11.3. The van der Waals surface area contributed by atoms with Crippen LogP contribution in [0.15, 0.2) is 22.2 Å². The highest BCUT2D eigenvalue weighted by Crippen LogP contribution is 2.26. The van der Waals surface area contributed by atoms with Crippen LogP contribution in [0.5, 0.6) is 0 Å². The van der Waals surface area contributed by atoms with Crippen molar-refractivity contribution in [3.63, 3.8) is 0 Å². The van der Waals surface area contributed by atoms with Crippen LogP contribution in [0, 0.1) is 0 Å². The summed E-state index contributed by atoms with van der Waals surface area (Å²) in [5, 5.41) is 0.796. The van der Waals surface area contributed by atoms with Gasteiger partial charge in [-0.25, -0.2) is 9.78 Å². The van der Waals surface area contributed by atoms with Gasteiger partial charge in [-0.2, -0.15) is 0 Å². The highest BCUT2D eigenvalue weighted by atomic mass is 32.2. The average Bonchev–Trinajstić information content (AvgIpc) is 2.88. The highest BCUT2D eigenvalue weighted by Gasteiger charge is 2.17. The SMILES string of the molecule is Cn1c(=O)c2c(ncn2C2=COCCS2)n(C)c1=O. The number of imidazole rings is 1. The Labute approximate surface area is 112 Å². The maximum absolute atomic E-state index is 12.2. The predicted octanol–water partition coefficient (Wildman–Crippen LogP) is -0.0470. The van der Waals surface area contributed by atoms with E-state index in [2.05, 4.69) is 4.98 Å². The standard InChI is InChI=1S/C11H12N4O3S/c1-13-9-8(10(16)14(2)11(13)17)15(6-12-9)7-5-18-3-4-19-7/h5-6H,3-4H2,1-2H3. The molecule has 19 heavy (non-hydrogen) atoms. The molecule has 0 N–H and O–H groups in total. The van der Waals surface area contributed by atoms with Gasteiger partial charge in [0, 0.05) is 19.8 Å². The Morgan fingerprint density at radius 1 is 1.32 bits per heavy atom. The second-order valence-electron chi connectivity index (χ2n) is 4.17. The van der Waals surface area contributed by atoms with Gasteiger partial charge in [0.05, 0.1) is 6.61 Å². The lowest BCUT2D eigenvalue weighted by molar-refractivity contribution is 0.271. The van der Waals surface area contributed by atoms with E-state index in [9.17, 15) is 9.59 Å². The van der Waals surface area contributed by atoms with E-state index < -0.39 is 0 Å². The van der Waals surface area contributed by atoms with Gasteiger partial charge in [-0.15, -0.1) is 11.8 Å². The summed E-state index contributed by atoms with van der Waals surface area (Å²) in [6.07, 6.45) is 3.15. The molecule has 0 amide bonds. The number of thioether (sulfide) groups is 1. The van der Waals surface area contributed by atoms with Gasteiger partial charge in [-0.3, -0.25) is 18.5 Å². The molecular weight excluding hydrogens is 268 g/mol. The molecular formula is C11H12N4O3S. The summed E-state index contributed by atoms with van der Waals surface area (Å²) in [4.78, 5) is 28.2. The first-order valence-corrected chi connectivity index (χ1v) is 6.68. The fourth-order valence-corrected chi connectivity index (χ4v) is 2.80. The van der Waals surface area contributed by atoms with Crippen molar-refractivity contribution in [3.8, 4) is 0 Å². The van der Waals surface area contributed by atoms with E-state index in [0.29, 0.717) is 17.8 Å². The van der Waals surface area contributed by atoms with Crippen LogP contribution in [0.25, 0.3) is 16.2 Å². The first-order chi connectivity index (χ1) is 9.11. The van der Waals surface area contributed by atoms with E-state index >= 15 is 0 Å². The van der Waals surface area contributed by atoms with Crippen molar-refractivity contribution < 1.29 is 4.74 Å². The molecule has 3 heterocycles. The molecule has 2 aromatic heterocycles. The van der Waals surface area contributed by atoms with Gasteiger partial charge in [0.2, 0.25) is 0 Å². The molecule has 0 unspecified atom stereocenters. The lowest BCUT2D eigenvalue weighted by atomic mass is 10.5. The fourth-order valence-electron chi connectivity index (χ4n) is 2.00. The Morgan fingerprint density at radius 3 is 2.79 bits per heavy atom. The van der Waals surface area contributed by atoms with Crippen molar-refractivity contribution in [2.24, 2.45) is 14.1 Å². The Hall–Kier alpha value is -1.96. The Morgan fingerprint density at radius 2 is 2.11 bits per heavy atom. The summed E-state index contributed by atoms with van der Waals surface area (Å²) in [7, 11) is 3.06. The van der Waals surface area contributed by atoms with Crippen LogP contribution in [-0.4, -0.2) is 31.0 Å². The van der Waals surface area contributed by atoms with Gasteiger partial charge >= 0.3 is 5.69 Å². The summed E-state index contributed by atoms with van der Waals surface area (Å²) < 4.78 is 9.38. The molecule has 0 aromatic carbocycles. The molecule has 1 aliphatic heterocycles. The third-order valence-corrected chi connectivity index (χ3v) is 3.98. The van der Waals surface area contributed by atoms with E-state index in [-0.39, 0.29) is 11.2 Å². The van der Waals surface area contributed by atoms with Crippen LogP contribution in [0.1, 0.15) is 0 Å². The number of aromatic nitrogens is 4. The van der Waals surface area contributed by atoms with Crippen molar-refractivity contribution in [3.05, 3.63) is 33.4 Å². The maximum Gasteiger partial charge on any atom is 0.332 e. The van der Waals surface area contributed by atoms with Crippen LogP contribution in [0.2, 0.25) is 0 Å². The Kier molecular flexibility index (Phi) is 2.74. The molecule has 1 aliphatic rings. The summed E-state index contributed by atoms with van der Waals surface area (Å²) in [5.41, 5.74) is 0.0148. The molecule has 0 spiro atoms.